The molecule has 282 valence electrons. The lowest BCUT2D eigenvalue weighted by molar-refractivity contribution is 1.18. The molecule has 2 nitrogen and oxygen atoms in total. The minimum absolute atomic E-state index is 1.11. The summed E-state index contributed by atoms with van der Waals surface area (Å²) in [6.07, 6.45) is 0. The molecule has 11 aromatic rings. The molecule has 11 rings (SSSR count). The Labute approximate surface area is 350 Å². The first kappa shape index (κ1) is 35.2. The molecule has 2 heteroatoms. The van der Waals surface area contributed by atoms with Crippen molar-refractivity contribution in [3.8, 4) is 50.2 Å². The van der Waals surface area contributed by atoms with Gasteiger partial charge in [-0.05, 0) is 86.6 Å². The fraction of sp³-hybridized carbons (Fsp3) is 0. The number of aromatic nitrogens is 1. The van der Waals surface area contributed by atoms with Gasteiger partial charge in [-0.15, -0.1) is 0 Å². The number of benzene rings is 10. The van der Waals surface area contributed by atoms with Crippen LogP contribution in [0.2, 0.25) is 0 Å². The molecule has 0 atom stereocenters. The summed E-state index contributed by atoms with van der Waals surface area (Å²) in [5, 5.41) is 4.85. The molecule has 0 unspecified atom stereocenters. The summed E-state index contributed by atoms with van der Waals surface area (Å²) in [5.74, 6) is 0. The zero-order chi connectivity index (χ0) is 39.8. The van der Waals surface area contributed by atoms with E-state index in [1.807, 2.05) is 0 Å². The fourth-order valence-electron chi connectivity index (χ4n) is 9.14. The van der Waals surface area contributed by atoms with Gasteiger partial charge in [-0.1, -0.05) is 200 Å². The minimum Gasteiger partial charge on any atom is -0.309 e. The molecule has 0 aliphatic rings. The van der Waals surface area contributed by atoms with Gasteiger partial charge in [-0.2, -0.15) is 0 Å². The van der Waals surface area contributed by atoms with E-state index in [1.165, 1.54) is 60.5 Å². The number of para-hydroxylation sites is 3. The van der Waals surface area contributed by atoms with Crippen LogP contribution in [0.3, 0.4) is 0 Å². The van der Waals surface area contributed by atoms with Gasteiger partial charge in [-0.3, -0.25) is 0 Å². The summed E-state index contributed by atoms with van der Waals surface area (Å²) in [6.45, 7) is 0. The van der Waals surface area contributed by atoms with Gasteiger partial charge < -0.3 is 9.47 Å². The molecule has 0 fully saturated rings. The summed E-state index contributed by atoms with van der Waals surface area (Å²) in [5.41, 5.74) is 16.3. The molecule has 0 N–H and O–H groups in total. The Hall–Kier alpha value is -7.94. The molecule has 0 radical (unpaired) electrons. The molecule has 0 saturated heterocycles. The molecule has 10 aromatic carbocycles. The Morgan fingerprint density at radius 3 is 1.43 bits per heavy atom. The van der Waals surface area contributed by atoms with Crippen LogP contribution in [-0.4, -0.2) is 4.57 Å². The molecular formula is C58H40N2. The van der Waals surface area contributed by atoms with Crippen molar-refractivity contribution in [2.75, 3.05) is 4.90 Å². The zero-order valence-electron chi connectivity index (χ0n) is 33.0. The summed E-state index contributed by atoms with van der Waals surface area (Å²) in [4.78, 5) is 2.50. The predicted octanol–water partition coefficient (Wildman–Crippen LogP) is 16.1. The monoisotopic (exact) mass is 764 g/mol. The number of hydrogen-bond acceptors (Lipinski definition) is 1. The normalized spacial score (nSPS) is 11.3. The highest BCUT2D eigenvalue weighted by atomic mass is 15.2. The zero-order valence-corrected chi connectivity index (χ0v) is 33.0. The molecule has 0 spiro atoms. The van der Waals surface area contributed by atoms with E-state index in [4.69, 9.17) is 0 Å². The van der Waals surface area contributed by atoms with Gasteiger partial charge in [0.05, 0.1) is 28.1 Å². The molecule has 0 aliphatic carbocycles. The minimum atomic E-state index is 1.11. The van der Waals surface area contributed by atoms with Crippen LogP contribution in [0.1, 0.15) is 0 Å². The SMILES string of the molecule is c1ccc(-c2ccccc2-c2ccc(-n3c4ccccc4c4c(N(c5ccccc5-c5ccccc5)c5ccccc5-c5cccc6ccccc56)cccc43)cc2)cc1. The third-order valence-electron chi connectivity index (χ3n) is 11.8. The first-order chi connectivity index (χ1) is 29.8. The van der Waals surface area contributed by atoms with Crippen LogP contribution < -0.4 is 4.90 Å². The second-order valence-corrected chi connectivity index (χ2v) is 15.2. The lowest BCUT2D eigenvalue weighted by atomic mass is 9.94. The van der Waals surface area contributed by atoms with Crippen molar-refractivity contribution in [3.05, 3.63) is 243 Å². The Balaban J connectivity index is 1.15. The average Bonchev–Trinajstić information content (AvgIpc) is 3.67. The van der Waals surface area contributed by atoms with Crippen molar-refractivity contribution < 1.29 is 0 Å². The van der Waals surface area contributed by atoms with Crippen LogP contribution in [0.15, 0.2) is 243 Å². The molecular weight excluding hydrogens is 725 g/mol. The Bertz CT molecular complexity index is 3300. The summed E-state index contributed by atoms with van der Waals surface area (Å²) in [6, 6.07) is 87.9. The Morgan fingerprint density at radius 2 is 0.717 bits per heavy atom. The van der Waals surface area contributed by atoms with E-state index in [-0.39, 0.29) is 0 Å². The van der Waals surface area contributed by atoms with E-state index in [2.05, 4.69) is 252 Å². The number of rotatable bonds is 8. The molecule has 0 amide bonds. The summed E-state index contributed by atoms with van der Waals surface area (Å²) >= 11 is 0. The average molecular weight is 765 g/mol. The van der Waals surface area contributed by atoms with E-state index in [0.717, 1.165) is 39.3 Å². The molecule has 0 aliphatic heterocycles. The van der Waals surface area contributed by atoms with Crippen LogP contribution >= 0.6 is 0 Å². The number of anilines is 3. The lowest BCUT2D eigenvalue weighted by Crippen LogP contribution is -2.13. The van der Waals surface area contributed by atoms with Crippen LogP contribution in [0.5, 0.6) is 0 Å². The predicted molar refractivity (Wildman–Crippen MR) is 255 cm³/mol. The van der Waals surface area contributed by atoms with Crippen molar-refractivity contribution in [1.82, 2.24) is 4.57 Å². The molecule has 0 saturated carbocycles. The maximum Gasteiger partial charge on any atom is 0.0562 e. The highest BCUT2D eigenvalue weighted by Crippen LogP contribution is 2.49. The van der Waals surface area contributed by atoms with Crippen molar-refractivity contribution in [3.63, 3.8) is 0 Å². The summed E-state index contributed by atoms with van der Waals surface area (Å²) in [7, 11) is 0. The van der Waals surface area contributed by atoms with Gasteiger partial charge in [0.1, 0.15) is 0 Å². The third kappa shape index (κ3) is 6.06. The van der Waals surface area contributed by atoms with Crippen LogP contribution in [0, 0.1) is 0 Å². The van der Waals surface area contributed by atoms with E-state index >= 15 is 0 Å². The van der Waals surface area contributed by atoms with Crippen LogP contribution in [0.4, 0.5) is 17.1 Å². The standard InChI is InChI=1S/C58H40N2/c1-3-19-41(20-4-1)46-25-9-10-26-47(46)44-37-39-45(40-38-44)59-55-34-16-13-30-52(55)58-56(59)35-18-36-57(58)60(53-32-14-11-28-49(53)43-21-5-2-6-22-43)54-33-15-12-29-51(54)50-31-17-24-42-23-7-8-27-48(42)50/h1-40H. The van der Waals surface area contributed by atoms with Gasteiger partial charge in [0.15, 0.2) is 0 Å². The number of fused-ring (bicyclic) bond motifs is 4. The van der Waals surface area contributed by atoms with Crippen LogP contribution in [-0.2, 0) is 0 Å². The van der Waals surface area contributed by atoms with Gasteiger partial charge in [-0.25, -0.2) is 0 Å². The smallest absolute Gasteiger partial charge is 0.0562 e. The Morgan fingerprint density at radius 1 is 0.267 bits per heavy atom. The molecule has 1 aromatic heterocycles. The highest BCUT2D eigenvalue weighted by molar-refractivity contribution is 6.17. The van der Waals surface area contributed by atoms with Gasteiger partial charge in [0.25, 0.3) is 0 Å². The molecule has 0 bridgehead atoms. The Kier molecular flexibility index (Phi) is 8.87. The van der Waals surface area contributed by atoms with E-state index in [0.29, 0.717) is 0 Å². The molecule has 1 heterocycles. The fourth-order valence-corrected chi connectivity index (χ4v) is 9.14. The maximum absolute atomic E-state index is 2.50. The topological polar surface area (TPSA) is 8.17 Å². The van der Waals surface area contributed by atoms with E-state index in [1.54, 1.807) is 0 Å². The molecule has 60 heavy (non-hydrogen) atoms. The summed E-state index contributed by atoms with van der Waals surface area (Å²) < 4.78 is 2.43. The quantitative estimate of drug-likeness (QED) is 0.150. The second-order valence-electron chi connectivity index (χ2n) is 15.2. The number of hydrogen-bond donors (Lipinski definition) is 0. The van der Waals surface area contributed by atoms with Gasteiger partial charge in [0, 0.05) is 27.6 Å². The second kappa shape index (κ2) is 15.1. The first-order valence-electron chi connectivity index (χ1n) is 20.6. The van der Waals surface area contributed by atoms with Gasteiger partial charge >= 0.3 is 0 Å². The highest BCUT2D eigenvalue weighted by Gasteiger charge is 2.25. The van der Waals surface area contributed by atoms with Crippen molar-refractivity contribution >= 4 is 49.6 Å². The van der Waals surface area contributed by atoms with Gasteiger partial charge in [0.2, 0.25) is 0 Å². The third-order valence-corrected chi connectivity index (χ3v) is 11.8. The van der Waals surface area contributed by atoms with Crippen molar-refractivity contribution in [1.29, 1.82) is 0 Å². The van der Waals surface area contributed by atoms with Crippen molar-refractivity contribution in [2.45, 2.75) is 0 Å². The largest absolute Gasteiger partial charge is 0.309 e. The lowest BCUT2D eigenvalue weighted by Gasteiger charge is -2.31. The maximum atomic E-state index is 2.50. The van der Waals surface area contributed by atoms with Crippen molar-refractivity contribution in [2.24, 2.45) is 0 Å². The van der Waals surface area contributed by atoms with E-state index < -0.39 is 0 Å². The number of nitrogens with zero attached hydrogens (tertiary/aromatic N) is 2. The first-order valence-corrected chi connectivity index (χ1v) is 20.6. The van der Waals surface area contributed by atoms with Crippen LogP contribution in [0.25, 0.3) is 82.8 Å². The van der Waals surface area contributed by atoms with E-state index in [9.17, 15) is 0 Å².